The van der Waals surface area contributed by atoms with Gasteiger partial charge in [0, 0.05) is 18.4 Å². The number of urea groups is 2. The summed E-state index contributed by atoms with van der Waals surface area (Å²) < 4.78 is 5.59. The molecule has 122 valence electrons. The lowest BCUT2D eigenvalue weighted by Gasteiger charge is -2.25. The van der Waals surface area contributed by atoms with E-state index in [9.17, 15) is 19.2 Å². The zero-order valence-corrected chi connectivity index (χ0v) is 12.3. The van der Waals surface area contributed by atoms with Crippen LogP contribution in [0.15, 0.2) is 28.7 Å². The zero-order chi connectivity index (χ0) is 16.8. The quantitative estimate of drug-likeness (QED) is 0.703. The standard InChI is InChI=1S/C15H12N4O5/c20-11-3-4-16-15(23)19(11)8-1-2-9-7(5-8)6-10(24-9)12-13(21)18-14(22)17-12/h1-2,5-6,12H,3-4H2,(H,16,23)(H2,17,18,21,22). The van der Waals surface area contributed by atoms with E-state index in [1.54, 1.807) is 24.3 Å². The van der Waals surface area contributed by atoms with E-state index < -0.39 is 24.0 Å². The van der Waals surface area contributed by atoms with E-state index in [1.807, 2.05) is 0 Å². The molecule has 9 heteroatoms. The fraction of sp³-hybridized carbons (Fsp3) is 0.200. The van der Waals surface area contributed by atoms with Crippen LogP contribution in [0, 0.1) is 0 Å². The third-order valence-electron chi connectivity index (χ3n) is 3.90. The minimum Gasteiger partial charge on any atom is -0.458 e. The number of nitrogens with zero attached hydrogens (tertiary/aromatic N) is 1. The molecule has 0 saturated carbocycles. The molecule has 24 heavy (non-hydrogen) atoms. The Hall–Kier alpha value is -3.36. The minimum absolute atomic E-state index is 0.231. The summed E-state index contributed by atoms with van der Waals surface area (Å²) in [4.78, 5) is 47.9. The molecule has 3 N–H and O–H groups in total. The number of nitrogens with one attached hydrogen (secondary N) is 3. The van der Waals surface area contributed by atoms with Gasteiger partial charge in [0.1, 0.15) is 11.3 Å². The highest BCUT2D eigenvalue weighted by Gasteiger charge is 2.34. The summed E-state index contributed by atoms with van der Waals surface area (Å²) in [6, 6.07) is 4.47. The molecule has 9 nitrogen and oxygen atoms in total. The summed E-state index contributed by atoms with van der Waals surface area (Å²) in [6.07, 6.45) is 0.231. The Bertz CT molecular complexity index is 886. The van der Waals surface area contributed by atoms with Gasteiger partial charge < -0.3 is 15.1 Å². The SMILES string of the molecule is O=C1NC(=O)C(c2cc3cc(N4C(=O)CCNC4=O)ccc3o2)N1. The second-order valence-corrected chi connectivity index (χ2v) is 5.48. The van der Waals surface area contributed by atoms with E-state index in [1.165, 1.54) is 0 Å². The molecule has 1 atom stereocenters. The second-order valence-electron chi connectivity index (χ2n) is 5.48. The van der Waals surface area contributed by atoms with Gasteiger partial charge in [0.25, 0.3) is 5.91 Å². The number of hydrogen-bond donors (Lipinski definition) is 3. The van der Waals surface area contributed by atoms with Crippen LogP contribution in [0.5, 0.6) is 0 Å². The third-order valence-corrected chi connectivity index (χ3v) is 3.90. The fourth-order valence-electron chi connectivity index (χ4n) is 2.79. The first-order valence-corrected chi connectivity index (χ1v) is 7.28. The summed E-state index contributed by atoms with van der Waals surface area (Å²) in [7, 11) is 0. The van der Waals surface area contributed by atoms with Crippen molar-refractivity contribution in [2.24, 2.45) is 0 Å². The van der Waals surface area contributed by atoms with E-state index in [0.717, 1.165) is 4.90 Å². The Morgan fingerprint density at radius 2 is 1.96 bits per heavy atom. The van der Waals surface area contributed by atoms with E-state index in [-0.39, 0.29) is 18.1 Å². The van der Waals surface area contributed by atoms with Crippen molar-refractivity contribution in [3.8, 4) is 0 Å². The molecule has 2 aromatic rings. The highest BCUT2D eigenvalue weighted by molar-refractivity contribution is 6.16. The van der Waals surface area contributed by atoms with Crippen molar-refractivity contribution in [1.29, 1.82) is 0 Å². The predicted molar refractivity (Wildman–Crippen MR) is 81.1 cm³/mol. The number of rotatable bonds is 2. The number of imide groups is 2. The molecular weight excluding hydrogens is 316 g/mol. The number of hydrogen-bond acceptors (Lipinski definition) is 5. The molecule has 0 aliphatic carbocycles. The average Bonchev–Trinajstić information content (AvgIpc) is 3.09. The summed E-state index contributed by atoms with van der Waals surface area (Å²) in [5, 5.41) is 7.81. The van der Waals surface area contributed by atoms with Gasteiger partial charge in [-0.3, -0.25) is 14.9 Å². The summed E-state index contributed by atoms with van der Waals surface area (Å²) in [6.45, 7) is 0.322. The molecule has 0 bridgehead atoms. The third kappa shape index (κ3) is 2.18. The summed E-state index contributed by atoms with van der Waals surface area (Å²) in [5.74, 6) is -0.506. The van der Waals surface area contributed by atoms with Crippen molar-refractivity contribution in [3.05, 3.63) is 30.0 Å². The number of carbonyl (C=O) groups excluding carboxylic acids is 4. The van der Waals surface area contributed by atoms with E-state index >= 15 is 0 Å². The van der Waals surface area contributed by atoms with Crippen molar-refractivity contribution in [2.45, 2.75) is 12.5 Å². The van der Waals surface area contributed by atoms with E-state index in [0.29, 0.717) is 23.2 Å². The van der Waals surface area contributed by atoms with Crippen LogP contribution in [0.2, 0.25) is 0 Å². The number of fused-ring (bicyclic) bond motifs is 1. The van der Waals surface area contributed by atoms with Crippen LogP contribution in [-0.4, -0.2) is 30.4 Å². The maximum Gasteiger partial charge on any atom is 0.328 e. The highest BCUT2D eigenvalue weighted by atomic mass is 16.3. The molecule has 2 aliphatic heterocycles. The van der Waals surface area contributed by atoms with Gasteiger partial charge in [0.15, 0.2) is 6.04 Å². The zero-order valence-electron chi connectivity index (χ0n) is 12.3. The number of furan rings is 1. The van der Waals surface area contributed by atoms with Gasteiger partial charge in [-0.15, -0.1) is 0 Å². The Kier molecular flexibility index (Phi) is 3.02. The molecule has 0 spiro atoms. The second kappa shape index (κ2) is 5.08. The largest absolute Gasteiger partial charge is 0.458 e. The van der Waals surface area contributed by atoms with Gasteiger partial charge >= 0.3 is 12.1 Å². The molecule has 1 aromatic heterocycles. The molecule has 2 fully saturated rings. The van der Waals surface area contributed by atoms with Crippen LogP contribution >= 0.6 is 0 Å². The van der Waals surface area contributed by atoms with Crippen LogP contribution in [0.1, 0.15) is 18.2 Å². The molecular formula is C15H12N4O5. The summed E-state index contributed by atoms with van der Waals surface area (Å²) >= 11 is 0. The average molecular weight is 328 g/mol. The number of anilines is 1. The molecule has 1 unspecified atom stereocenters. The Morgan fingerprint density at radius 3 is 2.67 bits per heavy atom. The van der Waals surface area contributed by atoms with Gasteiger partial charge in [-0.2, -0.15) is 0 Å². The fourth-order valence-corrected chi connectivity index (χ4v) is 2.79. The Labute approximate surface area is 135 Å². The molecule has 4 rings (SSSR count). The highest BCUT2D eigenvalue weighted by Crippen LogP contribution is 2.29. The minimum atomic E-state index is -0.895. The normalized spacial score (nSPS) is 21.0. The monoisotopic (exact) mass is 328 g/mol. The molecule has 1 aromatic carbocycles. The Morgan fingerprint density at radius 1 is 1.12 bits per heavy atom. The van der Waals surface area contributed by atoms with Crippen molar-refractivity contribution in [1.82, 2.24) is 16.0 Å². The van der Waals surface area contributed by atoms with Gasteiger partial charge in [0.05, 0.1) is 5.69 Å². The van der Waals surface area contributed by atoms with Crippen molar-refractivity contribution in [2.75, 3.05) is 11.4 Å². The molecule has 0 radical (unpaired) electrons. The van der Waals surface area contributed by atoms with Gasteiger partial charge in [-0.1, -0.05) is 0 Å². The van der Waals surface area contributed by atoms with Crippen LogP contribution in [0.3, 0.4) is 0 Å². The van der Waals surface area contributed by atoms with Crippen LogP contribution < -0.4 is 20.9 Å². The maximum absolute atomic E-state index is 12.0. The maximum atomic E-state index is 12.0. The van der Waals surface area contributed by atoms with E-state index in [4.69, 9.17) is 4.42 Å². The topological polar surface area (TPSA) is 121 Å². The van der Waals surface area contributed by atoms with Crippen molar-refractivity contribution < 1.29 is 23.6 Å². The smallest absolute Gasteiger partial charge is 0.328 e. The van der Waals surface area contributed by atoms with Crippen molar-refractivity contribution >= 4 is 40.5 Å². The van der Waals surface area contributed by atoms with Crippen LogP contribution in [0.25, 0.3) is 11.0 Å². The lowest BCUT2D eigenvalue weighted by Crippen LogP contribution is -2.50. The number of benzene rings is 1. The van der Waals surface area contributed by atoms with Crippen LogP contribution in [-0.2, 0) is 9.59 Å². The van der Waals surface area contributed by atoms with Gasteiger partial charge in [-0.25, -0.2) is 14.5 Å². The van der Waals surface area contributed by atoms with Gasteiger partial charge in [0.2, 0.25) is 5.91 Å². The lowest BCUT2D eigenvalue weighted by atomic mass is 10.1. The van der Waals surface area contributed by atoms with Crippen LogP contribution in [0.4, 0.5) is 15.3 Å². The molecule has 2 saturated heterocycles. The van der Waals surface area contributed by atoms with Gasteiger partial charge in [-0.05, 0) is 24.3 Å². The molecule has 3 heterocycles. The summed E-state index contributed by atoms with van der Waals surface area (Å²) in [5.41, 5.74) is 0.893. The molecule has 2 aliphatic rings. The first kappa shape index (κ1) is 14.2. The Balaban J connectivity index is 1.71. The lowest BCUT2D eigenvalue weighted by molar-refractivity contribution is -0.120. The number of carbonyl (C=O) groups is 4. The van der Waals surface area contributed by atoms with Crippen molar-refractivity contribution in [3.63, 3.8) is 0 Å². The first-order valence-electron chi connectivity index (χ1n) is 7.28. The van der Waals surface area contributed by atoms with E-state index in [2.05, 4.69) is 16.0 Å². The predicted octanol–water partition coefficient (Wildman–Crippen LogP) is 0.760. The molecule has 6 amide bonds. The first-order chi connectivity index (χ1) is 11.5. The number of amides is 6.